The van der Waals surface area contributed by atoms with Gasteiger partial charge in [0.2, 0.25) is 0 Å². The van der Waals surface area contributed by atoms with Crippen LogP contribution in [0.25, 0.3) is 0 Å². The van der Waals surface area contributed by atoms with Gasteiger partial charge < -0.3 is 10.8 Å². The Morgan fingerprint density at radius 2 is 2.08 bits per heavy atom. The highest BCUT2D eigenvalue weighted by molar-refractivity contribution is 5.30. The number of aryl methyl sites for hydroxylation is 1. The van der Waals surface area contributed by atoms with Crippen molar-refractivity contribution in [2.75, 3.05) is 0 Å². The van der Waals surface area contributed by atoms with E-state index in [4.69, 9.17) is 0 Å². The molecule has 1 aliphatic carbocycles. The second-order valence-corrected chi connectivity index (χ2v) is 3.80. The lowest BCUT2D eigenvalue weighted by Crippen LogP contribution is -2.63. The molecule has 2 nitrogen and oxygen atoms in total. The standard InChI is InChI=1S/C11H15NO/c12-10-7-3-5-8-4-1-2-6-9(8)11(10)13/h1-2,4,6,10-11,13H,3,5,7,12H2/p+1. The van der Waals surface area contributed by atoms with Crippen molar-refractivity contribution < 1.29 is 10.8 Å². The Morgan fingerprint density at radius 1 is 1.31 bits per heavy atom. The fourth-order valence-corrected chi connectivity index (χ4v) is 2.02. The summed E-state index contributed by atoms with van der Waals surface area (Å²) in [4.78, 5) is 0. The third-order valence-electron chi connectivity index (χ3n) is 2.84. The van der Waals surface area contributed by atoms with Gasteiger partial charge >= 0.3 is 0 Å². The highest BCUT2D eigenvalue weighted by Gasteiger charge is 2.24. The summed E-state index contributed by atoms with van der Waals surface area (Å²) >= 11 is 0. The molecule has 0 spiro atoms. The average Bonchev–Trinajstić information content (AvgIpc) is 2.29. The highest BCUT2D eigenvalue weighted by Crippen LogP contribution is 2.26. The number of aliphatic hydroxyl groups excluding tert-OH is 1. The van der Waals surface area contributed by atoms with E-state index in [1.165, 1.54) is 5.56 Å². The lowest BCUT2D eigenvalue weighted by Gasteiger charge is -2.14. The average molecular weight is 178 g/mol. The Hall–Kier alpha value is -0.860. The number of aliphatic hydroxyl groups is 1. The molecule has 0 heterocycles. The van der Waals surface area contributed by atoms with Crippen LogP contribution in [0.4, 0.5) is 0 Å². The number of quaternary nitrogens is 1. The van der Waals surface area contributed by atoms with Gasteiger partial charge in [0, 0.05) is 6.42 Å². The molecular weight excluding hydrogens is 162 g/mol. The summed E-state index contributed by atoms with van der Waals surface area (Å²) in [7, 11) is 0. The van der Waals surface area contributed by atoms with Crippen LogP contribution in [0.5, 0.6) is 0 Å². The molecule has 1 aromatic rings. The summed E-state index contributed by atoms with van der Waals surface area (Å²) < 4.78 is 0. The van der Waals surface area contributed by atoms with Crippen molar-refractivity contribution in [2.24, 2.45) is 0 Å². The third-order valence-corrected chi connectivity index (χ3v) is 2.84. The second-order valence-electron chi connectivity index (χ2n) is 3.80. The molecular formula is C11H16NO+. The molecule has 0 aromatic heterocycles. The predicted octanol–water partition coefficient (Wildman–Crippen LogP) is 0.667. The SMILES string of the molecule is [NH3+]C1CCCc2ccccc2C1O. The summed E-state index contributed by atoms with van der Waals surface area (Å²) in [6, 6.07) is 8.30. The summed E-state index contributed by atoms with van der Waals surface area (Å²) in [5.74, 6) is 0. The van der Waals surface area contributed by atoms with Crippen molar-refractivity contribution in [3.8, 4) is 0 Å². The van der Waals surface area contributed by atoms with Crippen LogP contribution in [0.3, 0.4) is 0 Å². The van der Waals surface area contributed by atoms with Gasteiger partial charge in [0.25, 0.3) is 0 Å². The molecule has 1 aliphatic rings. The first-order chi connectivity index (χ1) is 6.29. The molecule has 1 aromatic carbocycles. The van der Waals surface area contributed by atoms with Gasteiger partial charge in [-0.1, -0.05) is 24.3 Å². The molecule has 13 heavy (non-hydrogen) atoms. The number of rotatable bonds is 0. The molecule has 70 valence electrons. The van der Waals surface area contributed by atoms with E-state index in [1.54, 1.807) is 0 Å². The summed E-state index contributed by atoms with van der Waals surface area (Å²) in [5, 5.41) is 9.95. The van der Waals surface area contributed by atoms with Crippen molar-refractivity contribution in [3.05, 3.63) is 35.4 Å². The summed E-state index contributed by atoms with van der Waals surface area (Å²) in [5.41, 5.74) is 6.36. The first-order valence-electron chi connectivity index (χ1n) is 4.88. The van der Waals surface area contributed by atoms with Gasteiger partial charge in [-0.15, -0.1) is 0 Å². The van der Waals surface area contributed by atoms with Gasteiger partial charge in [-0.2, -0.15) is 0 Å². The monoisotopic (exact) mass is 178 g/mol. The van der Waals surface area contributed by atoms with Crippen LogP contribution >= 0.6 is 0 Å². The van der Waals surface area contributed by atoms with E-state index in [0.29, 0.717) is 0 Å². The van der Waals surface area contributed by atoms with Crippen LogP contribution in [0, 0.1) is 0 Å². The molecule has 0 aliphatic heterocycles. The smallest absolute Gasteiger partial charge is 0.131 e. The van der Waals surface area contributed by atoms with Crippen molar-refractivity contribution in [3.63, 3.8) is 0 Å². The fraction of sp³-hybridized carbons (Fsp3) is 0.455. The lowest BCUT2D eigenvalue weighted by atomic mass is 9.99. The van der Waals surface area contributed by atoms with Gasteiger partial charge in [0.1, 0.15) is 12.1 Å². The topological polar surface area (TPSA) is 47.9 Å². The van der Waals surface area contributed by atoms with Crippen LogP contribution in [0.15, 0.2) is 24.3 Å². The van der Waals surface area contributed by atoms with Crippen molar-refractivity contribution in [2.45, 2.75) is 31.4 Å². The molecule has 4 N–H and O–H groups in total. The summed E-state index contributed by atoms with van der Waals surface area (Å²) in [6.07, 6.45) is 2.89. The Kier molecular flexibility index (Phi) is 2.34. The number of hydrogen-bond acceptors (Lipinski definition) is 1. The minimum atomic E-state index is -0.362. The van der Waals surface area contributed by atoms with Crippen LogP contribution < -0.4 is 5.73 Å². The largest absolute Gasteiger partial charge is 0.382 e. The van der Waals surface area contributed by atoms with Crippen LogP contribution in [-0.4, -0.2) is 11.1 Å². The number of hydrogen-bond donors (Lipinski definition) is 2. The zero-order valence-electron chi connectivity index (χ0n) is 7.74. The minimum absolute atomic E-state index is 0.156. The molecule has 2 atom stereocenters. The van der Waals surface area contributed by atoms with Crippen LogP contribution in [0.2, 0.25) is 0 Å². The molecule has 0 bridgehead atoms. The summed E-state index contributed by atoms with van der Waals surface area (Å²) in [6.45, 7) is 0. The van der Waals surface area contributed by atoms with Gasteiger partial charge in [-0.25, -0.2) is 0 Å². The van der Waals surface area contributed by atoms with Crippen molar-refractivity contribution in [1.82, 2.24) is 0 Å². The second kappa shape index (κ2) is 3.48. The molecule has 2 unspecified atom stereocenters. The van der Waals surface area contributed by atoms with Crippen molar-refractivity contribution in [1.29, 1.82) is 0 Å². The Bertz CT molecular complexity index is 298. The maximum absolute atomic E-state index is 9.95. The Balaban J connectivity index is 2.40. The minimum Gasteiger partial charge on any atom is -0.382 e. The molecule has 0 amide bonds. The van der Waals surface area contributed by atoms with E-state index in [1.807, 2.05) is 18.2 Å². The van der Waals surface area contributed by atoms with E-state index in [-0.39, 0.29) is 12.1 Å². The molecule has 0 fully saturated rings. The van der Waals surface area contributed by atoms with Crippen LogP contribution in [-0.2, 0) is 6.42 Å². The van der Waals surface area contributed by atoms with Gasteiger partial charge in [-0.3, -0.25) is 0 Å². The van der Waals surface area contributed by atoms with E-state index in [0.717, 1.165) is 24.8 Å². The molecule has 2 rings (SSSR count). The Morgan fingerprint density at radius 3 is 2.92 bits per heavy atom. The molecule has 0 radical (unpaired) electrons. The third kappa shape index (κ3) is 1.60. The fourth-order valence-electron chi connectivity index (χ4n) is 2.02. The quantitative estimate of drug-likeness (QED) is 0.563. The first-order valence-corrected chi connectivity index (χ1v) is 4.88. The first kappa shape index (κ1) is 8.73. The van der Waals surface area contributed by atoms with Gasteiger partial charge in [0.15, 0.2) is 0 Å². The van der Waals surface area contributed by atoms with Crippen molar-refractivity contribution >= 4 is 0 Å². The zero-order valence-corrected chi connectivity index (χ0v) is 7.74. The number of benzene rings is 1. The van der Waals surface area contributed by atoms with E-state index >= 15 is 0 Å². The van der Waals surface area contributed by atoms with E-state index in [9.17, 15) is 5.11 Å². The molecule has 0 saturated carbocycles. The maximum atomic E-state index is 9.95. The maximum Gasteiger partial charge on any atom is 0.131 e. The highest BCUT2D eigenvalue weighted by atomic mass is 16.3. The van der Waals surface area contributed by atoms with Gasteiger partial charge in [-0.05, 0) is 24.0 Å². The molecule has 0 saturated heterocycles. The van der Waals surface area contributed by atoms with Crippen LogP contribution in [0.1, 0.15) is 30.1 Å². The van der Waals surface area contributed by atoms with E-state index < -0.39 is 0 Å². The zero-order chi connectivity index (χ0) is 9.26. The Labute approximate surface area is 78.4 Å². The van der Waals surface area contributed by atoms with E-state index in [2.05, 4.69) is 11.8 Å². The molecule has 2 heteroatoms. The normalized spacial score (nSPS) is 27.8. The van der Waals surface area contributed by atoms with Gasteiger partial charge in [0.05, 0.1) is 0 Å². The lowest BCUT2D eigenvalue weighted by molar-refractivity contribution is -0.440. The predicted molar refractivity (Wildman–Crippen MR) is 51.0 cm³/mol. The number of fused-ring (bicyclic) bond motifs is 1.